The first kappa shape index (κ1) is 38.6. The zero-order chi connectivity index (χ0) is 43.0. The van der Waals surface area contributed by atoms with Crippen molar-refractivity contribution in [1.82, 2.24) is 0 Å². The molecule has 11 aromatic rings. The van der Waals surface area contributed by atoms with E-state index in [2.05, 4.69) is 216 Å². The molecule has 0 unspecified atom stereocenters. The van der Waals surface area contributed by atoms with Crippen LogP contribution in [0.15, 0.2) is 197 Å². The van der Waals surface area contributed by atoms with Gasteiger partial charge in [0.2, 0.25) is 0 Å². The Bertz CT molecular complexity index is 3510. The van der Waals surface area contributed by atoms with Gasteiger partial charge in [-0.3, -0.25) is 0 Å². The molecule has 0 saturated heterocycles. The molecule has 306 valence electrons. The predicted octanol–water partition coefficient (Wildman–Crippen LogP) is 17.7. The molecule has 0 N–H and O–H groups in total. The normalized spacial score (nSPS) is 12.3. The van der Waals surface area contributed by atoms with Crippen LogP contribution in [-0.2, 0) is 10.8 Å². The third-order valence-corrected chi connectivity index (χ3v) is 12.8. The van der Waals surface area contributed by atoms with Crippen LogP contribution in [0.4, 0.5) is 17.1 Å². The van der Waals surface area contributed by atoms with Crippen LogP contribution >= 0.6 is 0 Å². The van der Waals surface area contributed by atoms with Gasteiger partial charge in [0, 0.05) is 32.7 Å². The molecule has 11 rings (SSSR count). The molecule has 0 atom stereocenters. The summed E-state index contributed by atoms with van der Waals surface area (Å²) in [6, 6.07) is 68.1. The lowest BCUT2D eigenvalue weighted by Crippen LogP contribution is -2.16. The first-order valence-electron chi connectivity index (χ1n) is 22.0. The van der Waals surface area contributed by atoms with E-state index in [0.29, 0.717) is 0 Å². The average molecular weight is 816 g/mol. The standard InChI is InChI=1S/C60H49NO2/c1-59(2,3)41-34-40(35-42(37-41)60(4,5)6)44-24-15-18-38-19-16-25-49(57(38)44)45-21-8-12-28-52(45)61(53-29-17-26-50-47-23-10-14-31-55(47)63-58(50)53)51-27-11-7-20-43(51)39-32-33-48-46-22-9-13-30-54(46)62-56(48)36-39/h7-37H,1-6H3. The predicted molar refractivity (Wildman–Crippen MR) is 267 cm³/mol. The maximum absolute atomic E-state index is 6.86. The van der Waals surface area contributed by atoms with Gasteiger partial charge in [0.05, 0.1) is 17.1 Å². The largest absolute Gasteiger partial charge is 0.456 e. The molecule has 63 heavy (non-hydrogen) atoms. The summed E-state index contributed by atoms with van der Waals surface area (Å²) in [5.41, 5.74) is 16.0. The van der Waals surface area contributed by atoms with Gasteiger partial charge in [0.1, 0.15) is 16.7 Å². The van der Waals surface area contributed by atoms with E-state index in [4.69, 9.17) is 8.83 Å². The summed E-state index contributed by atoms with van der Waals surface area (Å²) in [5, 5.41) is 6.82. The van der Waals surface area contributed by atoms with Gasteiger partial charge in [-0.2, -0.15) is 0 Å². The van der Waals surface area contributed by atoms with Gasteiger partial charge >= 0.3 is 0 Å². The molecule has 0 aliphatic heterocycles. The summed E-state index contributed by atoms with van der Waals surface area (Å²) in [5.74, 6) is 0. The van der Waals surface area contributed by atoms with Gasteiger partial charge in [0.25, 0.3) is 0 Å². The molecular formula is C60H49NO2. The fourth-order valence-electron chi connectivity index (χ4n) is 9.46. The van der Waals surface area contributed by atoms with Crippen molar-refractivity contribution in [1.29, 1.82) is 0 Å². The summed E-state index contributed by atoms with van der Waals surface area (Å²) in [6.07, 6.45) is 0. The molecule has 0 saturated carbocycles. The molecule has 9 aromatic carbocycles. The molecule has 3 heteroatoms. The molecule has 0 radical (unpaired) electrons. The summed E-state index contributed by atoms with van der Waals surface area (Å²) >= 11 is 0. The van der Waals surface area contributed by atoms with Crippen molar-refractivity contribution in [2.75, 3.05) is 4.90 Å². The zero-order valence-corrected chi connectivity index (χ0v) is 36.7. The smallest absolute Gasteiger partial charge is 0.159 e. The van der Waals surface area contributed by atoms with E-state index < -0.39 is 0 Å². The van der Waals surface area contributed by atoms with Crippen molar-refractivity contribution in [3.05, 3.63) is 199 Å². The zero-order valence-electron chi connectivity index (χ0n) is 36.7. The second-order valence-electron chi connectivity index (χ2n) is 18.9. The number of fused-ring (bicyclic) bond motifs is 7. The molecule has 2 heterocycles. The van der Waals surface area contributed by atoms with Crippen LogP contribution in [-0.4, -0.2) is 0 Å². The molecule has 0 aliphatic rings. The van der Waals surface area contributed by atoms with Crippen LogP contribution in [0, 0.1) is 0 Å². The lowest BCUT2D eigenvalue weighted by molar-refractivity contribution is 0.569. The summed E-state index contributed by atoms with van der Waals surface area (Å²) in [7, 11) is 0. The number of para-hydroxylation sites is 5. The fourth-order valence-corrected chi connectivity index (χ4v) is 9.46. The van der Waals surface area contributed by atoms with E-state index in [1.807, 2.05) is 18.2 Å². The Kier molecular flexibility index (Phi) is 8.96. The molecule has 3 nitrogen and oxygen atoms in total. The molecule has 0 spiro atoms. The summed E-state index contributed by atoms with van der Waals surface area (Å²) in [4.78, 5) is 2.41. The van der Waals surface area contributed by atoms with Crippen LogP contribution in [0.1, 0.15) is 52.7 Å². The van der Waals surface area contributed by atoms with Gasteiger partial charge in [-0.25, -0.2) is 0 Å². The lowest BCUT2D eigenvalue weighted by atomic mass is 9.78. The number of nitrogens with zero attached hydrogens (tertiary/aromatic N) is 1. The van der Waals surface area contributed by atoms with Gasteiger partial charge in [-0.1, -0.05) is 187 Å². The highest BCUT2D eigenvalue weighted by atomic mass is 16.3. The van der Waals surface area contributed by atoms with Gasteiger partial charge < -0.3 is 13.7 Å². The number of furan rings is 2. The third-order valence-electron chi connectivity index (χ3n) is 12.8. The van der Waals surface area contributed by atoms with Crippen LogP contribution in [0.2, 0.25) is 0 Å². The maximum atomic E-state index is 6.86. The molecule has 0 aliphatic carbocycles. The fraction of sp³-hybridized carbons (Fsp3) is 0.133. The number of anilines is 3. The Hall–Kier alpha value is -7.36. The summed E-state index contributed by atoms with van der Waals surface area (Å²) in [6.45, 7) is 13.9. The van der Waals surface area contributed by atoms with E-state index in [1.165, 1.54) is 38.6 Å². The first-order chi connectivity index (χ1) is 30.5. The Labute approximate surface area is 368 Å². The van der Waals surface area contributed by atoms with E-state index >= 15 is 0 Å². The van der Waals surface area contributed by atoms with Crippen LogP contribution in [0.3, 0.4) is 0 Å². The molecule has 2 aromatic heterocycles. The lowest BCUT2D eigenvalue weighted by Gasteiger charge is -2.30. The minimum atomic E-state index is -0.0173. The minimum absolute atomic E-state index is 0.0173. The Balaban J connectivity index is 1.19. The van der Waals surface area contributed by atoms with E-state index in [1.54, 1.807) is 0 Å². The van der Waals surface area contributed by atoms with Crippen LogP contribution < -0.4 is 4.90 Å². The quantitative estimate of drug-likeness (QED) is 0.167. The number of hydrogen-bond acceptors (Lipinski definition) is 3. The van der Waals surface area contributed by atoms with Crippen molar-refractivity contribution >= 4 is 71.7 Å². The molecular weight excluding hydrogens is 767 g/mol. The molecule has 0 fully saturated rings. The van der Waals surface area contributed by atoms with Crippen LogP contribution in [0.5, 0.6) is 0 Å². The van der Waals surface area contributed by atoms with Gasteiger partial charge in [0.15, 0.2) is 5.58 Å². The maximum Gasteiger partial charge on any atom is 0.159 e. The Morgan fingerprint density at radius 3 is 1.56 bits per heavy atom. The van der Waals surface area contributed by atoms with E-state index in [9.17, 15) is 0 Å². The van der Waals surface area contributed by atoms with Gasteiger partial charge in [-0.05, 0) is 97.4 Å². The number of benzene rings is 9. The minimum Gasteiger partial charge on any atom is -0.456 e. The van der Waals surface area contributed by atoms with Crippen molar-refractivity contribution in [2.45, 2.75) is 52.4 Å². The second-order valence-corrected chi connectivity index (χ2v) is 18.9. The Morgan fingerprint density at radius 2 is 0.857 bits per heavy atom. The highest BCUT2D eigenvalue weighted by Crippen LogP contribution is 2.50. The Morgan fingerprint density at radius 1 is 0.349 bits per heavy atom. The number of hydrogen-bond donors (Lipinski definition) is 0. The average Bonchev–Trinajstić information content (AvgIpc) is 3.87. The highest BCUT2D eigenvalue weighted by Gasteiger charge is 2.27. The van der Waals surface area contributed by atoms with Crippen LogP contribution in [0.25, 0.3) is 88.0 Å². The second kappa shape index (κ2) is 14.6. The van der Waals surface area contributed by atoms with E-state index in [-0.39, 0.29) is 10.8 Å². The van der Waals surface area contributed by atoms with Crippen molar-refractivity contribution in [3.63, 3.8) is 0 Å². The van der Waals surface area contributed by atoms with Crippen molar-refractivity contribution in [2.24, 2.45) is 0 Å². The summed E-state index contributed by atoms with van der Waals surface area (Å²) < 4.78 is 13.3. The number of rotatable bonds is 6. The van der Waals surface area contributed by atoms with Crippen molar-refractivity contribution < 1.29 is 8.83 Å². The SMILES string of the molecule is CC(C)(C)c1cc(-c2cccc3cccc(-c4ccccc4N(c4ccccc4-c4ccc5c(c4)oc4ccccc45)c4cccc5c4oc4ccccc45)c23)cc(C(C)(C)C)c1. The van der Waals surface area contributed by atoms with E-state index in [0.717, 1.165) is 77.6 Å². The molecule has 0 amide bonds. The monoisotopic (exact) mass is 815 g/mol. The third kappa shape index (κ3) is 6.58. The topological polar surface area (TPSA) is 29.5 Å². The first-order valence-corrected chi connectivity index (χ1v) is 22.0. The molecule has 0 bridgehead atoms. The van der Waals surface area contributed by atoms with Gasteiger partial charge in [-0.15, -0.1) is 0 Å². The highest BCUT2D eigenvalue weighted by molar-refractivity contribution is 6.13. The van der Waals surface area contributed by atoms with Crippen molar-refractivity contribution in [3.8, 4) is 33.4 Å².